The molecule has 26 heteroatoms. The van der Waals surface area contributed by atoms with Gasteiger partial charge in [0.15, 0.2) is 0 Å². The molecule has 0 bridgehead atoms. The molecule has 0 aliphatic rings. The molecule has 0 nitrogen and oxygen atoms in total. The van der Waals surface area contributed by atoms with Crippen LogP contribution in [-0.4, -0.2) is 59.7 Å². The summed E-state index contributed by atoms with van der Waals surface area (Å²) in [4.78, 5) is 0. The molecule has 0 aromatic heterocycles. The van der Waals surface area contributed by atoms with Crippen LogP contribution in [0.5, 0.6) is 0 Å². The second kappa shape index (κ2) is 12.9. The van der Waals surface area contributed by atoms with E-state index in [4.69, 9.17) is 0 Å². The van der Waals surface area contributed by atoms with E-state index in [1.807, 2.05) is 0 Å². The van der Waals surface area contributed by atoms with Gasteiger partial charge in [0.1, 0.15) is 0 Å². The molecule has 0 fully saturated rings. The second-order valence-electron chi connectivity index (χ2n) is 13.0. The minimum Gasteiger partial charge on any atom is -0.194 e. The number of alkyl halides is 26. The van der Waals surface area contributed by atoms with Crippen molar-refractivity contribution in [2.45, 2.75) is 71.6 Å². The average Bonchev–Trinajstić information content (AvgIpc) is 3.10. The Hall–Kier alpha value is -4.68. The van der Waals surface area contributed by atoms with Crippen molar-refractivity contribution in [2.75, 3.05) is 0 Å². The van der Waals surface area contributed by atoms with Crippen molar-refractivity contribution in [3.63, 3.8) is 0 Å². The fraction of sp³-hybridized carbons (Fsp3) is 0.353. The van der Waals surface area contributed by atoms with Crippen LogP contribution < -0.4 is 0 Å². The number of hydrogen-bond acceptors (Lipinski definition) is 0. The topological polar surface area (TPSA) is 0 Å². The fourth-order valence-corrected chi connectivity index (χ4v) is 6.13. The third-order valence-electron chi connectivity index (χ3n) is 9.34. The molecule has 0 amide bonds. The Morgan fingerprint density at radius 2 is 0.450 bits per heavy atom. The molecule has 0 saturated carbocycles. The van der Waals surface area contributed by atoms with E-state index < -0.39 is 126 Å². The first-order chi connectivity index (χ1) is 26.6. The van der Waals surface area contributed by atoms with Gasteiger partial charge in [0.05, 0.1) is 0 Å². The first kappa shape index (κ1) is 46.4. The quantitative estimate of drug-likeness (QED) is 0.0967. The highest BCUT2D eigenvalue weighted by Gasteiger charge is 2.98. The number of rotatable bonds is 10. The number of halogens is 26. The first-order valence-corrected chi connectivity index (χ1v) is 15.4. The van der Waals surface area contributed by atoms with Crippen LogP contribution in [0.15, 0.2) is 72.8 Å². The molecule has 0 radical (unpaired) electrons. The molecular weight excluding hydrogens is 902 g/mol. The summed E-state index contributed by atoms with van der Waals surface area (Å²) in [6.07, 6.45) is -14.9. The van der Waals surface area contributed by atoms with E-state index >= 15 is 35.1 Å². The lowest BCUT2D eigenvalue weighted by Crippen LogP contribution is -2.76. The highest BCUT2D eigenvalue weighted by molar-refractivity contribution is 6.14. The molecule has 5 rings (SSSR count). The van der Waals surface area contributed by atoms with Gasteiger partial charge in [0.25, 0.3) is 0 Å². The molecule has 0 saturated heterocycles. The molecule has 0 unspecified atom stereocenters. The van der Waals surface area contributed by atoms with Gasteiger partial charge in [-0.1, -0.05) is 48.5 Å². The Morgan fingerprint density at radius 3 is 0.683 bits per heavy atom. The molecule has 5 aromatic carbocycles. The Bertz CT molecular complexity index is 2390. The highest BCUT2D eigenvalue weighted by atomic mass is 19.4. The van der Waals surface area contributed by atoms with Crippen molar-refractivity contribution in [1.82, 2.24) is 0 Å². The standard InChI is InChI=1S/C34H12F26/c35-23(36,25(39,40)26(41,42)27(43,44)28(45,46)29(47,48)30(49,50)31(51,52)32(53,54)34(58,59)60)21-17-9-13-5-1-3-7-15(13)11-19(17)22(24(37,38)33(55,56)57)20-12-16-8-4-2-6-14(16)10-18(20)21/h1-12H. The van der Waals surface area contributed by atoms with Gasteiger partial charge in [0.2, 0.25) is 0 Å². The Balaban J connectivity index is 1.89. The number of fused-ring (bicyclic) bond motifs is 4. The average molecular weight is 914 g/mol. The molecule has 0 spiro atoms. The summed E-state index contributed by atoms with van der Waals surface area (Å²) in [7, 11) is 0. The molecule has 330 valence electrons. The van der Waals surface area contributed by atoms with Crippen LogP contribution in [-0.2, 0) is 11.8 Å². The summed E-state index contributed by atoms with van der Waals surface area (Å²) in [5.41, 5.74) is -5.45. The third kappa shape index (κ3) is 5.75. The van der Waals surface area contributed by atoms with Crippen molar-refractivity contribution in [1.29, 1.82) is 0 Å². The van der Waals surface area contributed by atoms with E-state index in [1.165, 1.54) is 0 Å². The SMILES string of the molecule is FC(F)(F)C(F)(F)c1c2cc3ccccc3cc2c(C(F)(F)C(F)(F)C(F)(F)C(F)(F)C(F)(F)C(F)(F)C(F)(F)C(F)(F)C(F)(F)C(F)(F)F)c2cc3ccccc3cc12. The van der Waals surface area contributed by atoms with Crippen LogP contribution in [0, 0.1) is 0 Å². The Kier molecular flexibility index (Phi) is 9.99. The van der Waals surface area contributed by atoms with E-state index in [2.05, 4.69) is 0 Å². The maximum Gasteiger partial charge on any atom is 0.460 e. The molecule has 0 aliphatic heterocycles. The van der Waals surface area contributed by atoms with Gasteiger partial charge in [-0.15, -0.1) is 0 Å². The zero-order valence-electron chi connectivity index (χ0n) is 27.8. The number of hydrogen-bond donors (Lipinski definition) is 0. The van der Waals surface area contributed by atoms with Crippen LogP contribution in [0.1, 0.15) is 11.1 Å². The van der Waals surface area contributed by atoms with Gasteiger partial charge in [-0.3, -0.25) is 0 Å². The van der Waals surface area contributed by atoms with E-state index in [0.717, 1.165) is 48.5 Å². The maximum absolute atomic E-state index is 16.4. The van der Waals surface area contributed by atoms with Gasteiger partial charge in [-0.05, 0) is 67.4 Å². The summed E-state index contributed by atoms with van der Waals surface area (Å²) in [6.45, 7) is 0. The molecule has 0 aliphatic carbocycles. The molecule has 5 aromatic rings. The minimum atomic E-state index is -9.47. The lowest BCUT2D eigenvalue weighted by atomic mass is 9.80. The van der Waals surface area contributed by atoms with E-state index in [0.29, 0.717) is 0 Å². The maximum atomic E-state index is 16.4. The summed E-state index contributed by atoms with van der Waals surface area (Å²) in [6, 6.07) is 7.40. The van der Waals surface area contributed by atoms with Gasteiger partial charge in [0, 0.05) is 11.1 Å². The Morgan fingerprint density at radius 1 is 0.233 bits per heavy atom. The van der Waals surface area contributed by atoms with E-state index in [1.54, 1.807) is 0 Å². The van der Waals surface area contributed by atoms with Crippen LogP contribution in [0.25, 0.3) is 43.1 Å². The van der Waals surface area contributed by atoms with E-state index in [-0.39, 0.29) is 24.3 Å². The zero-order chi connectivity index (χ0) is 46.3. The molecular formula is C34H12F26. The second-order valence-corrected chi connectivity index (χ2v) is 13.0. The molecule has 0 heterocycles. The van der Waals surface area contributed by atoms with Crippen molar-refractivity contribution in [3.05, 3.63) is 83.9 Å². The highest BCUT2D eigenvalue weighted by Crippen LogP contribution is 2.68. The lowest BCUT2D eigenvalue weighted by molar-refractivity contribution is -0.474. The molecule has 0 atom stereocenters. The monoisotopic (exact) mass is 914 g/mol. The predicted molar refractivity (Wildman–Crippen MR) is 156 cm³/mol. The zero-order valence-corrected chi connectivity index (χ0v) is 27.8. The normalized spacial score (nSPS) is 15.5. The van der Waals surface area contributed by atoms with Crippen LogP contribution in [0.2, 0.25) is 0 Å². The summed E-state index contributed by atoms with van der Waals surface area (Å²) in [5, 5.41) is -10.5. The Labute approximate surface area is 313 Å². The molecule has 0 N–H and O–H groups in total. The summed E-state index contributed by atoms with van der Waals surface area (Å²) >= 11 is 0. The van der Waals surface area contributed by atoms with Gasteiger partial charge in [-0.2, -0.15) is 114 Å². The summed E-state index contributed by atoms with van der Waals surface area (Å²) in [5.74, 6) is -86.7. The lowest BCUT2D eigenvalue weighted by Gasteiger charge is -2.44. The molecule has 60 heavy (non-hydrogen) atoms. The van der Waals surface area contributed by atoms with Gasteiger partial charge in [-0.25, -0.2) is 0 Å². The minimum absolute atomic E-state index is 0.00290. The van der Waals surface area contributed by atoms with Crippen LogP contribution >= 0.6 is 0 Å². The third-order valence-corrected chi connectivity index (χ3v) is 9.34. The van der Waals surface area contributed by atoms with Crippen molar-refractivity contribution in [2.24, 2.45) is 0 Å². The summed E-state index contributed by atoms with van der Waals surface area (Å²) < 4.78 is 374. The van der Waals surface area contributed by atoms with E-state index in [9.17, 15) is 79.0 Å². The van der Waals surface area contributed by atoms with Crippen LogP contribution in [0.3, 0.4) is 0 Å². The predicted octanol–water partition coefficient (Wildman–Crippen LogP) is 14.7. The van der Waals surface area contributed by atoms with Gasteiger partial charge < -0.3 is 0 Å². The first-order valence-electron chi connectivity index (χ1n) is 15.4. The van der Waals surface area contributed by atoms with Crippen molar-refractivity contribution < 1.29 is 114 Å². The number of benzene rings is 5. The van der Waals surface area contributed by atoms with Crippen LogP contribution in [0.4, 0.5) is 114 Å². The van der Waals surface area contributed by atoms with Crippen molar-refractivity contribution in [3.8, 4) is 0 Å². The smallest absolute Gasteiger partial charge is 0.194 e. The van der Waals surface area contributed by atoms with Crippen molar-refractivity contribution >= 4 is 43.1 Å². The fourth-order valence-electron chi connectivity index (χ4n) is 6.13. The largest absolute Gasteiger partial charge is 0.460 e. The van der Waals surface area contributed by atoms with Gasteiger partial charge >= 0.3 is 71.6 Å².